The molecule has 16 heteroatoms. The Morgan fingerprint density at radius 2 is 1.44 bits per heavy atom. The van der Waals surface area contributed by atoms with Crippen molar-refractivity contribution in [3.05, 3.63) is 40.0 Å². The summed E-state index contributed by atoms with van der Waals surface area (Å²) < 4.78 is 26.3. The van der Waals surface area contributed by atoms with Crippen molar-refractivity contribution >= 4 is 36.8 Å². The summed E-state index contributed by atoms with van der Waals surface area (Å²) in [5.41, 5.74) is 0.991. The van der Waals surface area contributed by atoms with Gasteiger partial charge in [-0.1, -0.05) is 76.9 Å². The molecule has 1 heterocycles. The molecule has 54 heavy (non-hydrogen) atoms. The van der Waals surface area contributed by atoms with Gasteiger partial charge in [0, 0.05) is 18.9 Å². The van der Waals surface area contributed by atoms with E-state index in [1.54, 1.807) is 6.07 Å². The number of hydrogen-bond acceptors (Lipinski definition) is 13. The Hall–Kier alpha value is -3.07. The summed E-state index contributed by atoms with van der Waals surface area (Å²) >= 11 is 0. The van der Waals surface area contributed by atoms with E-state index in [9.17, 15) is 29.5 Å². The number of phosphoric ester groups is 1. The predicted octanol–water partition coefficient (Wildman–Crippen LogP) is 7.50. The number of phosphoric acid groups is 1. The van der Waals surface area contributed by atoms with Crippen LogP contribution in [0, 0.1) is 10.1 Å². The highest BCUT2D eigenvalue weighted by molar-refractivity contribution is 7.52. The molecule has 0 saturated carbocycles. The summed E-state index contributed by atoms with van der Waals surface area (Å²) in [5.74, 6) is -1.02. The molecule has 15 nitrogen and oxygen atoms in total. The number of ether oxygens (including phenoxy) is 2. The standard InChI is InChI=1S/C38H63N4O11P/c1-5-6-7-8-9-10-11-12-13-14-15-16-17-18-21-24-35(43)49-30-33(31-51-54(47,48)50-29-28-42(2,3)4)52-36(44)25-22-19-20-23-32-26-27-34(41(45)46)38-37(32)39-53-40-38/h12-13,26-27,33H,5-11,14-25,28-31H2,1-4H3/p+1/b13-12-/t33-/m1/s1. The zero-order valence-corrected chi connectivity index (χ0v) is 33.8. The van der Waals surface area contributed by atoms with Gasteiger partial charge in [-0.2, -0.15) is 13.9 Å². The Morgan fingerprint density at radius 3 is 2.09 bits per heavy atom. The van der Waals surface area contributed by atoms with Crippen LogP contribution in [0.2, 0.25) is 0 Å². The fraction of sp³-hybridized carbons (Fsp3) is 0.737. The lowest BCUT2D eigenvalue weighted by molar-refractivity contribution is -0.870. The largest absolute Gasteiger partial charge is 0.606 e. The lowest BCUT2D eigenvalue weighted by atomic mass is 10.0. The Balaban J connectivity index is 1.72. The maximum atomic E-state index is 12.7. The molecule has 306 valence electrons. The van der Waals surface area contributed by atoms with Gasteiger partial charge in [-0.15, -0.1) is 0 Å². The zero-order valence-electron chi connectivity index (χ0n) is 32.9. The number of nitrogens with zero attached hydrogens (tertiary/aromatic N) is 4. The number of rotatable bonds is 32. The van der Waals surface area contributed by atoms with Crippen molar-refractivity contribution in [2.24, 2.45) is 0 Å². The summed E-state index contributed by atoms with van der Waals surface area (Å²) in [6.07, 6.45) is 21.0. The van der Waals surface area contributed by atoms with Gasteiger partial charge in [0.1, 0.15) is 31.9 Å². The second-order valence-corrected chi connectivity index (χ2v) is 16.2. The van der Waals surface area contributed by atoms with Gasteiger partial charge < -0.3 is 18.9 Å². The lowest BCUT2D eigenvalue weighted by Gasteiger charge is -2.26. The molecule has 0 bridgehead atoms. The van der Waals surface area contributed by atoms with Gasteiger partial charge in [0.15, 0.2) is 6.10 Å². The average Bonchev–Trinajstić information content (AvgIpc) is 3.61. The van der Waals surface area contributed by atoms with Gasteiger partial charge in [0.05, 0.1) is 26.1 Å². The number of likely N-dealkylation sites (N-methyl/N-ethyl adjacent to an activating group) is 1. The van der Waals surface area contributed by atoms with E-state index >= 15 is 0 Å². The summed E-state index contributed by atoms with van der Waals surface area (Å²) in [5, 5.41) is 18.7. The maximum absolute atomic E-state index is 12.7. The molecule has 0 spiro atoms. The van der Waals surface area contributed by atoms with Gasteiger partial charge in [-0.05, 0) is 73.3 Å². The van der Waals surface area contributed by atoms with E-state index < -0.39 is 37.7 Å². The Kier molecular flexibility index (Phi) is 23.3. The molecule has 2 aromatic rings. The fourth-order valence-electron chi connectivity index (χ4n) is 5.62. The van der Waals surface area contributed by atoms with Gasteiger partial charge in [-0.25, -0.2) is 4.63 Å². The van der Waals surface area contributed by atoms with E-state index in [1.165, 1.54) is 44.6 Å². The monoisotopic (exact) mass is 783 g/mol. The molecular formula is C38H64N4O11P+. The quantitative estimate of drug-likeness (QED) is 0.0146. The second-order valence-electron chi connectivity index (χ2n) is 14.8. The molecular weight excluding hydrogens is 719 g/mol. The van der Waals surface area contributed by atoms with Crippen molar-refractivity contribution < 1.29 is 51.9 Å². The highest BCUT2D eigenvalue weighted by atomic mass is 31.2. The predicted molar refractivity (Wildman–Crippen MR) is 205 cm³/mol. The molecule has 2 rings (SSSR count). The number of hydrogen-bond donors (Lipinski definition) is 1. The van der Waals surface area contributed by atoms with Crippen molar-refractivity contribution in [2.75, 3.05) is 47.5 Å². The normalized spacial score (nSPS) is 13.7. The SMILES string of the molecule is CCCCCCCC/C=C\CCCCCCCC(=O)OC[C@H](CO[P+]([O-])(O)OCC[N+](C)(C)C)OC(=O)CCCCCc1ccc([N+](=O)[O-])c2nonc12. The third-order valence-corrected chi connectivity index (χ3v) is 9.80. The minimum atomic E-state index is -4.45. The first-order chi connectivity index (χ1) is 25.8. The van der Waals surface area contributed by atoms with Gasteiger partial charge in [-0.3, -0.25) is 19.7 Å². The van der Waals surface area contributed by atoms with E-state index in [1.807, 2.05) is 21.1 Å². The summed E-state index contributed by atoms with van der Waals surface area (Å²) in [7, 11) is 1.29. The number of nitro groups is 1. The Morgan fingerprint density at radius 1 is 0.852 bits per heavy atom. The van der Waals surface area contributed by atoms with Crippen LogP contribution in [0.4, 0.5) is 5.69 Å². The molecule has 0 radical (unpaired) electrons. The van der Waals surface area contributed by atoms with Gasteiger partial charge in [0.2, 0.25) is 5.52 Å². The molecule has 0 aliphatic rings. The highest BCUT2D eigenvalue weighted by Gasteiger charge is 2.31. The van der Waals surface area contributed by atoms with Crippen LogP contribution in [-0.4, -0.2) is 90.2 Å². The number of allylic oxidation sites excluding steroid dienone is 2. The van der Waals surface area contributed by atoms with E-state index in [4.69, 9.17) is 23.2 Å². The minimum Gasteiger partial charge on any atom is -0.606 e. The van der Waals surface area contributed by atoms with E-state index in [0.717, 1.165) is 44.1 Å². The number of aromatic nitrogens is 2. The summed E-state index contributed by atoms with van der Waals surface area (Å²) in [6, 6.07) is 2.99. The van der Waals surface area contributed by atoms with Crippen molar-refractivity contribution in [1.29, 1.82) is 0 Å². The Bertz CT molecular complexity index is 1400. The van der Waals surface area contributed by atoms with E-state index in [-0.39, 0.29) is 37.3 Å². The Labute approximate surface area is 321 Å². The lowest BCUT2D eigenvalue weighted by Crippen LogP contribution is -2.38. The van der Waals surface area contributed by atoms with Crippen LogP contribution in [0.15, 0.2) is 28.9 Å². The first kappa shape index (κ1) is 47.1. The number of unbranched alkanes of at least 4 members (excludes halogenated alkanes) is 13. The van der Waals surface area contributed by atoms with Crippen LogP contribution in [-0.2, 0) is 34.5 Å². The number of nitro benzene ring substituents is 1. The molecule has 1 unspecified atom stereocenters. The molecule has 0 amide bonds. The van der Waals surface area contributed by atoms with Crippen LogP contribution < -0.4 is 4.89 Å². The van der Waals surface area contributed by atoms with Crippen molar-refractivity contribution in [2.45, 2.75) is 135 Å². The number of benzene rings is 1. The summed E-state index contributed by atoms with van der Waals surface area (Å²) in [6.45, 7) is 1.86. The van der Waals surface area contributed by atoms with Gasteiger partial charge >= 0.3 is 25.8 Å². The number of esters is 2. The maximum Gasteiger partial charge on any atom is 0.377 e. The van der Waals surface area contributed by atoms with Crippen molar-refractivity contribution in [3.63, 3.8) is 0 Å². The minimum absolute atomic E-state index is 0.0226. The number of carbonyl (C=O) groups excluding carboxylic acids is 2. The number of aryl methyl sites for hydroxylation is 1. The van der Waals surface area contributed by atoms with Crippen LogP contribution in [0.25, 0.3) is 11.0 Å². The molecule has 1 aromatic heterocycles. The fourth-order valence-corrected chi connectivity index (χ4v) is 6.36. The third kappa shape index (κ3) is 21.7. The molecule has 1 N–H and O–H groups in total. The average molecular weight is 784 g/mol. The number of carbonyl (C=O) groups is 2. The van der Waals surface area contributed by atoms with E-state index in [0.29, 0.717) is 48.6 Å². The second kappa shape index (κ2) is 26.7. The number of non-ortho nitro benzene ring substituents is 1. The van der Waals surface area contributed by atoms with E-state index in [2.05, 4.69) is 29.4 Å². The van der Waals surface area contributed by atoms with Crippen LogP contribution >= 0.6 is 8.17 Å². The molecule has 0 saturated heterocycles. The van der Waals surface area contributed by atoms with Crippen LogP contribution in [0.5, 0.6) is 0 Å². The van der Waals surface area contributed by atoms with Crippen LogP contribution in [0.1, 0.15) is 128 Å². The molecule has 1 aromatic carbocycles. The summed E-state index contributed by atoms with van der Waals surface area (Å²) in [4.78, 5) is 58.5. The molecule has 2 atom stereocenters. The highest BCUT2D eigenvalue weighted by Crippen LogP contribution is 2.47. The molecule has 0 aliphatic heterocycles. The number of fused-ring (bicyclic) bond motifs is 1. The van der Waals surface area contributed by atoms with Crippen molar-refractivity contribution in [3.8, 4) is 0 Å². The smallest absolute Gasteiger partial charge is 0.377 e. The van der Waals surface area contributed by atoms with Crippen LogP contribution in [0.3, 0.4) is 0 Å². The topological polar surface area (TPSA) is 196 Å². The first-order valence-electron chi connectivity index (χ1n) is 19.6. The van der Waals surface area contributed by atoms with Gasteiger partial charge in [0.25, 0.3) is 0 Å². The molecule has 0 fully saturated rings. The molecule has 0 aliphatic carbocycles. The number of quaternary nitrogens is 1. The first-order valence-corrected chi connectivity index (χ1v) is 21.1. The zero-order chi connectivity index (χ0) is 39.7. The third-order valence-electron chi connectivity index (χ3n) is 8.81. The van der Waals surface area contributed by atoms with Crippen molar-refractivity contribution in [1.82, 2.24) is 10.3 Å².